The van der Waals surface area contributed by atoms with E-state index in [0.29, 0.717) is 11.4 Å². The summed E-state index contributed by atoms with van der Waals surface area (Å²) in [5.74, 6) is -2.14. The summed E-state index contributed by atoms with van der Waals surface area (Å²) in [6.07, 6.45) is -1.14. The Morgan fingerprint density at radius 2 is 1.94 bits per heavy atom. The molecule has 1 saturated heterocycles. The summed E-state index contributed by atoms with van der Waals surface area (Å²) in [7, 11) is 0.589. The van der Waals surface area contributed by atoms with Crippen molar-refractivity contribution in [2.75, 3.05) is 13.7 Å². The Kier molecular flexibility index (Phi) is 9.97. The number of carboxylic acid groups (broad SMARTS) is 1. The maximum absolute atomic E-state index is 13.1. The number of ketones is 1. The van der Waals surface area contributed by atoms with Crippen LogP contribution in [0.3, 0.4) is 0 Å². The average molecular weight is 488 g/mol. The quantitative estimate of drug-likeness (QED) is 0.459. The van der Waals surface area contributed by atoms with Crippen LogP contribution in [0, 0.1) is 5.92 Å². The van der Waals surface area contributed by atoms with E-state index >= 15 is 0 Å². The van der Waals surface area contributed by atoms with Crippen molar-refractivity contribution in [2.24, 2.45) is 5.92 Å². The molecule has 0 bridgehead atoms. The van der Waals surface area contributed by atoms with Gasteiger partial charge >= 0.3 is 13.1 Å². The first kappa shape index (κ1) is 26.6. The highest BCUT2D eigenvalue weighted by atomic mass is 35.5. The second-order valence-electron chi connectivity index (χ2n) is 8.27. The molecule has 0 aromatic heterocycles. The zero-order valence-electron chi connectivity index (χ0n) is 18.5. The van der Waals surface area contributed by atoms with Crippen LogP contribution in [0.2, 0.25) is 15.9 Å². The minimum atomic E-state index is -1.11. The van der Waals surface area contributed by atoms with Crippen molar-refractivity contribution >= 4 is 48.0 Å². The van der Waals surface area contributed by atoms with Gasteiger partial charge in [-0.1, -0.05) is 37.0 Å². The molecule has 1 aromatic rings. The van der Waals surface area contributed by atoms with Crippen LogP contribution in [0.4, 0.5) is 0 Å². The molecule has 1 aliphatic heterocycles. The standard InChI is InChI=1S/C21H28BCl2NO7/c1-11(2)7-13(22-31-12(3)19(32-22)21(28)29)8-18(26)17(10-30-4)25-20(27)15-9-14(23)5-6-16(15)24/h5-6,9,11-13,17,19H,7-8,10H2,1-4H3,(H,25,27)(H,28,29)/t12?,13-,17+,19?/m1/s1. The van der Waals surface area contributed by atoms with Crippen LogP contribution in [0.1, 0.15) is 44.0 Å². The van der Waals surface area contributed by atoms with Gasteiger partial charge < -0.3 is 24.5 Å². The topological polar surface area (TPSA) is 111 Å². The molecular formula is C21H28BCl2NO7. The normalized spacial score (nSPS) is 20.3. The summed E-state index contributed by atoms with van der Waals surface area (Å²) < 4.78 is 16.4. The summed E-state index contributed by atoms with van der Waals surface area (Å²) >= 11 is 12.1. The maximum Gasteiger partial charge on any atom is 0.461 e. The van der Waals surface area contributed by atoms with Gasteiger partial charge in [-0.2, -0.15) is 0 Å². The number of rotatable bonds is 11. The number of Topliss-reactive ketones (excluding diaryl/α,β-unsaturated/α-hetero) is 1. The Labute approximate surface area is 198 Å². The maximum atomic E-state index is 13.1. The third-order valence-electron chi connectivity index (χ3n) is 5.12. The molecule has 1 aromatic carbocycles. The summed E-state index contributed by atoms with van der Waals surface area (Å²) in [4.78, 5) is 37.2. The van der Waals surface area contributed by atoms with Crippen molar-refractivity contribution in [2.45, 2.75) is 57.7 Å². The van der Waals surface area contributed by atoms with E-state index < -0.39 is 37.2 Å². The molecule has 11 heteroatoms. The lowest BCUT2D eigenvalue weighted by Gasteiger charge is -2.23. The minimum absolute atomic E-state index is 0.0134. The first-order chi connectivity index (χ1) is 15.0. The Morgan fingerprint density at radius 3 is 2.50 bits per heavy atom. The number of benzene rings is 1. The molecule has 1 heterocycles. The van der Waals surface area contributed by atoms with Crippen LogP contribution in [0.5, 0.6) is 0 Å². The number of nitrogens with one attached hydrogen (secondary N) is 1. The molecule has 2 unspecified atom stereocenters. The van der Waals surface area contributed by atoms with Crippen molar-refractivity contribution in [3.05, 3.63) is 33.8 Å². The second-order valence-corrected chi connectivity index (χ2v) is 9.11. The number of carbonyl (C=O) groups is 3. The first-order valence-corrected chi connectivity index (χ1v) is 11.1. The van der Waals surface area contributed by atoms with Gasteiger partial charge in [-0.25, -0.2) is 4.79 Å². The monoisotopic (exact) mass is 487 g/mol. The zero-order valence-corrected chi connectivity index (χ0v) is 20.0. The van der Waals surface area contributed by atoms with E-state index in [0.717, 1.165) is 0 Å². The summed E-state index contributed by atoms with van der Waals surface area (Å²) in [5, 5.41) is 12.5. The van der Waals surface area contributed by atoms with Crippen molar-refractivity contribution in [3.63, 3.8) is 0 Å². The van der Waals surface area contributed by atoms with E-state index in [2.05, 4.69) is 5.32 Å². The van der Waals surface area contributed by atoms with Crippen LogP contribution < -0.4 is 5.32 Å². The van der Waals surface area contributed by atoms with E-state index in [1.54, 1.807) is 13.0 Å². The number of hydrogen-bond donors (Lipinski definition) is 2. The Balaban J connectivity index is 2.14. The average Bonchev–Trinajstić information content (AvgIpc) is 3.10. The molecule has 1 fully saturated rings. The second kappa shape index (κ2) is 12.0. The molecule has 32 heavy (non-hydrogen) atoms. The Bertz CT molecular complexity index is 838. The summed E-state index contributed by atoms with van der Waals surface area (Å²) in [6, 6.07) is 3.54. The first-order valence-electron chi connectivity index (χ1n) is 10.3. The predicted octanol–water partition coefficient (Wildman–Crippen LogP) is 3.49. The SMILES string of the molecule is COC[C@H](NC(=O)c1cc(Cl)ccc1Cl)C(=O)C[C@@H](CC(C)C)B1OC(C)C(C(=O)O)O1. The van der Waals surface area contributed by atoms with Gasteiger partial charge in [-0.3, -0.25) is 9.59 Å². The lowest BCUT2D eigenvalue weighted by atomic mass is 9.65. The minimum Gasteiger partial charge on any atom is -0.479 e. The Hall–Kier alpha value is -1.65. The number of methoxy groups -OCH3 is 1. The van der Waals surface area contributed by atoms with E-state index in [4.69, 9.17) is 37.2 Å². The van der Waals surface area contributed by atoms with E-state index in [-0.39, 0.29) is 41.1 Å². The smallest absolute Gasteiger partial charge is 0.461 e. The third kappa shape index (κ3) is 7.18. The molecule has 0 radical (unpaired) electrons. The highest BCUT2D eigenvalue weighted by molar-refractivity contribution is 6.48. The van der Waals surface area contributed by atoms with Gasteiger partial charge in [0.1, 0.15) is 6.04 Å². The number of amides is 1. The van der Waals surface area contributed by atoms with Crippen LogP contribution in [-0.4, -0.2) is 61.9 Å². The number of aliphatic carboxylic acids is 1. The largest absolute Gasteiger partial charge is 0.479 e. The summed E-state index contributed by atoms with van der Waals surface area (Å²) in [5.41, 5.74) is 0.146. The van der Waals surface area contributed by atoms with Gasteiger partial charge in [-0.05, 0) is 37.5 Å². The molecule has 0 saturated carbocycles. The highest BCUT2D eigenvalue weighted by Gasteiger charge is 2.46. The van der Waals surface area contributed by atoms with Crippen molar-refractivity contribution in [1.29, 1.82) is 0 Å². The molecule has 0 aliphatic carbocycles. The van der Waals surface area contributed by atoms with E-state index in [1.165, 1.54) is 19.2 Å². The zero-order chi connectivity index (χ0) is 24.0. The fourth-order valence-electron chi connectivity index (χ4n) is 3.64. The van der Waals surface area contributed by atoms with Crippen LogP contribution in [-0.2, 0) is 23.6 Å². The van der Waals surface area contributed by atoms with Gasteiger partial charge in [0, 0.05) is 24.4 Å². The van der Waals surface area contributed by atoms with Crippen LogP contribution in [0.25, 0.3) is 0 Å². The van der Waals surface area contributed by atoms with E-state index in [9.17, 15) is 19.5 Å². The van der Waals surface area contributed by atoms with Gasteiger partial charge in [0.25, 0.3) is 5.91 Å². The number of halogens is 2. The molecule has 1 aliphatic rings. The van der Waals surface area contributed by atoms with Crippen LogP contribution in [0.15, 0.2) is 18.2 Å². The van der Waals surface area contributed by atoms with Crippen molar-refractivity contribution < 1.29 is 33.5 Å². The lowest BCUT2D eigenvalue weighted by molar-refractivity contribution is -0.145. The molecule has 0 spiro atoms. The fourth-order valence-corrected chi connectivity index (χ4v) is 4.01. The molecule has 176 valence electrons. The van der Waals surface area contributed by atoms with Crippen molar-refractivity contribution in [3.8, 4) is 0 Å². The fraction of sp³-hybridized carbons (Fsp3) is 0.571. The molecule has 2 rings (SSSR count). The van der Waals surface area contributed by atoms with Crippen LogP contribution >= 0.6 is 23.2 Å². The van der Waals surface area contributed by atoms with E-state index in [1.807, 2.05) is 13.8 Å². The molecule has 1 amide bonds. The molecule has 4 atom stereocenters. The molecule has 8 nitrogen and oxygen atoms in total. The number of carbonyl (C=O) groups excluding carboxylic acids is 2. The van der Waals surface area contributed by atoms with Gasteiger partial charge in [-0.15, -0.1) is 0 Å². The molecule has 2 N–H and O–H groups in total. The number of ether oxygens (including phenoxy) is 1. The third-order valence-corrected chi connectivity index (χ3v) is 5.69. The van der Waals surface area contributed by atoms with Crippen molar-refractivity contribution in [1.82, 2.24) is 5.32 Å². The van der Waals surface area contributed by atoms with Gasteiger partial charge in [0.15, 0.2) is 11.9 Å². The lowest BCUT2D eigenvalue weighted by Crippen LogP contribution is -2.45. The number of hydrogen-bond acceptors (Lipinski definition) is 6. The highest BCUT2D eigenvalue weighted by Crippen LogP contribution is 2.33. The van der Waals surface area contributed by atoms with Gasteiger partial charge in [0.05, 0.1) is 23.3 Å². The summed E-state index contributed by atoms with van der Waals surface area (Å²) in [6.45, 7) is 5.55. The number of carboxylic acids is 1. The Morgan fingerprint density at radius 1 is 1.25 bits per heavy atom. The van der Waals surface area contributed by atoms with Gasteiger partial charge in [0.2, 0.25) is 0 Å². The molecular weight excluding hydrogens is 460 g/mol. The predicted molar refractivity (Wildman–Crippen MR) is 121 cm³/mol.